The van der Waals surface area contributed by atoms with Crippen molar-refractivity contribution in [1.82, 2.24) is 19.7 Å². The maximum absolute atomic E-state index is 13.5. The van der Waals surface area contributed by atoms with E-state index in [1.165, 1.54) is 17.8 Å². The van der Waals surface area contributed by atoms with E-state index < -0.39 is 18.6 Å². The van der Waals surface area contributed by atoms with Gasteiger partial charge < -0.3 is 10.2 Å². The van der Waals surface area contributed by atoms with Crippen molar-refractivity contribution in [3.8, 4) is 0 Å². The molecule has 6 nitrogen and oxygen atoms in total. The molecule has 0 amide bonds. The maximum Gasteiger partial charge on any atom is 0.405 e. The van der Waals surface area contributed by atoms with E-state index in [2.05, 4.69) is 20.4 Å². The van der Waals surface area contributed by atoms with Crippen molar-refractivity contribution in [2.45, 2.75) is 61.7 Å². The number of piperidine rings is 1. The van der Waals surface area contributed by atoms with E-state index in [1.54, 1.807) is 11.0 Å². The molecule has 0 unspecified atom stereocenters. The Morgan fingerprint density at radius 2 is 1.87 bits per heavy atom. The molecule has 0 spiro atoms. The Hall–Kier alpha value is -2.11. The molecule has 1 saturated carbocycles. The van der Waals surface area contributed by atoms with Gasteiger partial charge in [0.1, 0.15) is 18.2 Å². The molecule has 1 saturated heterocycles. The van der Waals surface area contributed by atoms with Crippen LogP contribution in [0.5, 0.6) is 0 Å². The largest absolute Gasteiger partial charge is 0.405 e. The molecule has 0 aromatic carbocycles. The molecule has 31 heavy (non-hydrogen) atoms. The Morgan fingerprint density at radius 1 is 1.16 bits per heavy atom. The SMILES string of the molecule is Cc1nc(SCc2cc(N3CCC(F)(F)CC3)cc(NCC(F)(F)F)n2)nn1C1CC1. The fraction of sp³-hybridized carbons (Fsp3) is 0.632. The van der Waals surface area contributed by atoms with Gasteiger partial charge in [0.25, 0.3) is 5.92 Å². The summed E-state index contributed by atoms with van der Waals surface area (Å²) in [5.41, 5.74) is 1.11. The zero-order valence-corrected chi connectivity index (χ0v) is 17.7. The molecule has 12 heteroatoms. The van der Waals surface area contributed by atoms with E-state index in [1.807, 2.05) is 11.6 Å². The maximum atomic E-state index is 13.5. The second kappa shape index (κ2) is 8.44. The number of halogens is 5. The molecule has 0 bridgehead atoms. The molecule has 1 aliphatic heterocycles. The van der Waals surface area contributed by atoms with Gasteiger partial charge in [0.05, 0.1) is 11.7 Å². The van der Waals surface area contributed by atoms with Crippen molar-refractivity contribution in [3.05, 3.63) is 23.7 Å². The van der Waals surface area contributed by atoms with Crippen molar-refractivity contribution >= 4 is 23.3 Å². The molecule has 1 aliphatic carbocycles. The summed E-state index contributed by atoms with van der Waals surface area (Å²) in [5.74, 6) is -1.46. The van der Waals surface area contributed by atoms with Crippen molar-refractivity contribution in [1.29, 1.82) is 0 Å². The average Bonchev–Trinajstić information content (AvgIpc) is 3.46. The quantitative estimate of drug-likeness (QED) is 0.470. The predicted octanol–water partition coefficient (Wildman–Crippen LogP) is 4.82. The van der Waals surface area contributed by atoms with Gasteiger partial charge in [0, 0.05) is 43.4 Å². The molecule has 0 radical (unpaired) electrons. The lowest BCUT2D eigenvalue weighted by molar-refractivity contribution is -0.115. The smallest absolute Gasteiger partial charge is 0.371 e. The number of aryl methyl sites for hydroxylation is 1. The molecule has 2 fully saturated rings. The van der Waals surface area contributed by atoms with Gasteiger partial charge in [-0.05, 0) is 25.8 Å². The first-order chi connectivity index (χ1) is 14.6. The molecule has 170 valence electrons. The van der Waals surface area contributed by atoms with E-state index in [0.29, 0.717) is 28.3 Å². The molecule has 0 atom stereocenters. The van der Waals surface area contributed by atoms with E-state index in [-0.39, 0.29) is 31.7 Å². The van der Waals surface area contributed by atoms with Crippen LogP contribution in [0.3, 0.4) is 0 Å². The van der Waals surface area contributed by atoms with E-state index >= 15 is 0 Å². The zero-order valence-electron chi connectivity index (χ0n) is 16.9. The van der Waals surface area contributed by atoms with Crippen molar-refractivity contribution in [2.75, 3.05) is 29.9 Å². The monoisotopic (exact) mass is 462 g/mol. The highest BCUT2D eigenvalue weighted by Gasteiger charge is 2.34. The Balaban J connectivity index is 1.50. The molecule has 3 heterocycles. The Bertz CT molecular complexity index is 917. The number of alkyl halides is 5. The molecule has 1 N–H and O–H groups in total. The normalized spacial score (nSPS) is 19.0. The molecule has 2 aliphatic rings. The Labute approximate surface area is 180 Å². The van der Waals surface area contributed by atoms with Crippen molar-refractivity contribution in [2.24, 2.45) is 0 Å². The number of rotatable bonds is 7. The van der Waals surface area contributed by atoms with Gasteiger partial charge in [-0.2, -0.15) is 13.2 Å². The summed E-state index contributed by atoms with van der Waals surface area (Å²) >= 11 is 1.35. The fourth-order valence-corrected chi connectivity index (χ4v) is 4.21. The van der Waals surface area contributed by atoms with E-state index in [4.69, 9.17) is 0 Å². The second-order valence-corrected chi connectivity index (χ2v) is 8.86. The third kappa shape index (κ3) is 5.98. The van der Waals surface area contributed by atoms with Crippen LogP contribution in [0.15, 0.2) is 17.3 Å². The second-order valence-electron chi connectivity index (χ2n) is 7.92. The van der Waals surface area contributed by atoms with Crippen LogP contribution in [-0.2, 0) is 5.75 Å². The highest BCUT2D eigenvalue weighted by molar-refractivity contribution is 7.98. The minimum absolute atomic E-state index is 0.0652. The summed E-state index contributed by atoms with van der Waals surface area (Å²) in [6, 6.07) is 3.62. The van der Waals surface area contributed by atoms with Crippen LogP contribution >= 0.6 is 11.8 Å². The standard InChI is InChI=1S/C19H23F5N6S/c1-12-26-17(28-30(12)14-2-3-14)31-10-13-8-15(29-6-4-18(20,21)5-7-29)9-16(27-13)25-11-19(22,23)24/h8-9,14H,2-7,10-11H2,1H3,(H,25,27). The molecule has 4 rings (SSSR count). The summed E-state index contributed by atoms with van der Waals surface area (Å²) in [6.07, 6.45) is -2.79. The summed E-state index contributed by atoms with van der Waals surface area (Å²) in [5, 5.41) is 7.37. The summed E-state index contributed by atoms with van der Waals surface area (Å²) in [7, 11) is 0. The summed E-state index contributed by atoms with van der Waals surface area (Å²) in [6.45, 7) is 0.934. The number of aromatic nitrogens is 4. The van der Waals surface area contributed by atoms with Crippen molar-refractivity contribution < 1.29 is 22.0 Å². The summed E-state index contributed by atoms with van der Waals surface area (Å²) in [4.78, 5) is 10.5. The minimum atomic E-state index is -4.39. The average molecular weight is 462 g/mol. The third-order valence-electron chi connectivity index (χ3n) is 5.22. The van der Waals surface area contributed by atoms with Crippen LogP contribution in [0.1, 0.15) is 43.2 Å². The van der Waals surface area contributed by atoms with Gasteiger partial charge in [-0.1, -0.05) is 11.8 Å². The first-order valence-electron chi connectivity index (χ1n) is 10.1. The van der Waals surface area contributed by atoms with Crippen LogP contribution in [0.2, 0.25) is 0 Å². The number of anilines is 2. The van der Waals surface area contributed by atoms with Gasteiger partial charge in [-0.3, -0.25) is 0 Å². The molecule has 2 aromatic rings. The number of thioether (sulfide) groups is 1. The number of nitrogens with one attached hydrogen (secondary N) is 1. The van der Waals surface area contributed by atoms with E-state index in [9.17, 15) is 22.0 Å². The molecular formula is C19H23F5N6S. The number of nitrogens with zero attached hydrogens (tertiary/aromatic N) is 5. The number of hydrogen-bond acceptors (Lipinski definition) is 6. The van der Waals surface area contributed by atoms with Gasteiger partial charge in [-0.25, -0.2) is 23.4 Å². The Morgan fingerprint density at radius 3 is 2.52 bits per heavy atom. The summed E-state index contributed by atoms with van der Waals surface area (Å²) < 4.78 is 66.9. The van der Waals surface area contributed by atoms with Gasteiger partial charge in [0.2, 0.25) is 5.16 Å². The zero-order chi connectivity index (χ0) is 22.2. The van der Waals surface area contributed by atoms with Crippen LogP contribution in [0.4, 0.5) is 33.5 Å². The molecule has 2 aromatic heterocycles. The van der Waals surface area contributed by atoms with E-state index in [0.717, 1.165) is 18.7 Å². The third-order valence-corrected chi connectivity index (χ3v) is 6.09. The van der Waals surface area contributed by atoms with Crippen LogP contribution in [0, 0.1) is 6.92 Å². The lowest BCUT2D eigenvalue weighted by Gasteiger charge is -2.33. The fourth-order valence-electron chi connectivity index (χ4n) is 3.44. The highest BCUT2D eigenvalue weighted by Crippen LogP contribution is 2.36. The van der Waals surface area contributed by atoms with Gasteiger partial charge in [-0.15, -0.1) is 5.10 Å². The first-order valence-corrected chi connectivity index (χ1v) is 11.1. The lowest BCUT2D eigenvalue weighted by atomic mass is 10.1. The molecular weight excluding hydrogens is 439 g/mol. The highest BCUT2D eigenvalue weighted by atomic mass is 32.2. The minimum Gasteiger partial charge on any atom is -0.371 e. The lowest BCUT2D eigenvalue weighted by Crippen LogP contribution is -2.39. The topological polar surface area (TPSA) is 58.9 Å². The van der Waals surface area contributed by atoms with Gasteiger partial charge in [0.15, 0.2) is 0 Å². The van der Waals surface area contributed by atoms with Gasteiger partial charge >= 0.3 is 6.18 Å². The Kier molecular flexibility index (Phi) is 6.01. The first kappa shape index (κ1) is 22.1. The number of pyridine rings is 1. The van der Waals surface area contributed by atoms with Crippen molar-refractivity contribution in [3.63, 3.8) is 0 Å². The number of hydrogen-bond donors (Lipinski definition) is 1. The predicted molar refractivity (Wildman–Crippen MR) is 108 cm³/mol. The van der Waals surface area contributed by atoms with Crippen LogP contribution in [0.25, 0.3) is 0 Å². The van der Waals surface area contributed by atoms with Crippen LogP contribution in [-0.4, -0.2) is 51.5 Å². The van der Waals surface area contributed by atoms with Crippen LogP contribution < -0.4 is 10.2 Å².